The number of anilines is 2. The number of rotatable bonds is 5. The lowest BCUT2D eigenvalue weighted by Gasteiger charge is -2.44. The molecule has 0 saturated carbocycles. The number of aryl methyl sites for hydroxylation is 2. The second-order valence-corrected chi connectivity index (χ2v) is 9.90. The minimum Gasteiger partial charge on any atom is -0.371 e. The monoisotopic (exact) mass is 431 g/mol. The van der Waals surface area contributed by atoms with Gasteiger partial charge in [-0.2, -0.15) is 5.10 Å². The number of hydrogen-bond acceptors (Lipinski definition) is 5. The average Bonchev–Trinajstić information content (AvgIpc) is 2.77. The number of piperidine rings is 1. The van der Waals surface area contributed by atoms with E-state index in [1.807, 2.05) is 6.92 Å². The molecule has 1 aromatic heterocycles. The van der Waals surface area contributed by atoms with Crippen molar-refractivity contribution in [2.45, 2.75) is 59.0 Å². The maximum absolute atomic E-state index is 4.57. The van der Waals surface area contributed by atoms with Crippen molar-refractivity contribution in [2.75, 3.05) is 37.4 Å². The molecule has 0 unspecified atom stereocenters. The van der Waals surface area contributed by atoms with Gasteiger partial charge in [0.2, 0.25) is 0 Å². The van der Waals surface area contributed by atoms with Crippen molar-refractivity contribution in [1.29, 1.82) is 0 Å². The molecule has 0 amide bonds. The summed E-state index contributed by atoms with van der Waals surface area (Å²) >= 11 is 0. The summed E-state index contributed by atoms with van der Waals surface area (Å²) in [5, 5.41) is 15.0. The van der Waals surface area contributed by atoms with Gasteiger partial charge in [-0.05, 0) is 90.4 Å². The predicted molar refractivity (Wildman–Crippen MR) is 136 cm³/mol. The molecule has 1 atom stereocenters. The molecule has 1 N–H and O–H groups in total. The van der Waals surface area contributed by atoms with Crippen LogP contribution in [0.4, 0.5) is 11.5 Å². The van der Waals surface area contributed by atoms with Crippen molar-refractivity contribution in [3.05, 3.63) is 58.8 Å². The molecule has 32 heavy (non-hydrogen) atoms. The summed E-state index contributed by atoms with van der Waals surface area (Å²) in [6.45, 7) is 13.1. The summed E-state index contributed by atoms with van der Waals surface area (Å²) in [5.41, 5.74) is 6.46. The lowest BCUT2D eigenvalue weighted by molar-refractivity contribution is 0.137. The Balaban J connectivity index is 1.64. The molecule has 2 aromatic carbocycles. The van der Waals surface area contributed by atoms with Crippen LogP contribution < -0.4 is 10.2 Å². The maximum Gasteiger partial charge on any atom is 0.157 e. The third-order valence-corrected chi connectivity index (χ3v) is 7.70. The summed E-state index contributed by atoms with van der Waals surface area (Å²) in [7, 11) is 4.39. The summed E-state index contributed by atoms with van der Waals surface area (Å²) in [6.07, 6.45) is 2.33. The van der Waals surface area contributed by atoms with Crippen LogP contribution in [0.1, 0.15) is 55.1 Å². The number of fused-ring (bicyclic) bond motifs is 1. The lowest BCUT2D eigenvalue weighted by Crippen LogP contribution is -2.50. The number of nitrogens with zero attached hydrogens (tertiary/aromatic N) is 4. The van der Waals surface area contributed by atoms with E-state index in [9.17, 15) is 0 Å². The zero-order valence-corrected chi connectivity index (χ0v) is 20.7. The Morgan fingerprint density at radius 1 is 1.00 bits per heavy atom. The quantitative estimate of drug-likeness (QED) is 0.566. The van der Waals surface area contributed by atoms with Crippen LogP contribution >= 0.6 is 0 Å². The van der Waals surface area contributed by atoms with Crippen LogP contribution in [0.5, 0.6) is 0 Å². The molecule has 1 aliphatic heterocycles. The van der Waals surface area contributed by atoms with E-state index >= 15 is 0 Å². The van der Waals surface area contributed by atoms with Crippen molar-refractivity contribution in [2.24, 2.45) is 0 Å². The van der Waals surface area contributed by atoms with Gasteiger partial charge in [-0.15, -0.1) is 5.10 Å². The molecule has 3 aromatic rings. The van der Waals surface area contributed by atoms with Gasteiger partial charge in [-0.1, -0.05) is 24.3 Å². The number of aromatic nitrogens is 2. The highest BCUT2D eigenvalue weighted by atomic mass is 15.2. The second kappa shape index (κ2) is 8.70. The summed E-state index contributed by atoms with van der Waals surface area (Å²) in [5.74, 6) is 0.857. The molecule has 4 rings (SSSR count). The number of nitrogens with one attached hydrogen (secondary N) is 1. The van der Waals surface area contributed by atoms with Gasteiger partial charge in [0.05, 0.1) is 11.7 Å². The van der Waals surface area contributed by atoms with Gasteiger partial charge in [-0.3, -0.25) is 0 Å². The molecule has 1 fully saturated rings. The van der Waals surface area contributed by atoms with E-state index < -0.39 is 0 Å². The smallest absolute Gasteiger partial charge is 0.157 e. The van der Waals surface area contributed by atoms with Crippen LogP contribution in [-0.2, 0) is 0 Å². The van der Waals surface area contributed by atoms with Crippen molar-refractivity contribution < 1.29 is 0 Å². The first-order chi connectivity index (χ1) is 15.2. The van der Waals surface area contributed by atoms with Gasteiger partial charge in [-0.25, -0.2) is 0 Å². The van der Waals surface area contributed by atoms with Gasteiger partial charge in [0.15, 0.2) is 5.82 Å². The zero-order chi connectivity index (χ0) is 23.0. The first kappa shape index (κ1) is 22.5. The van der Waals surface area contributed by atoms with E-state index in [-0.39, 0.29) is 11.6 Å². The lowest BCUT2D eigenvalue weighted by atomic mass is 9.88. The van der Waals surface area contributed by atoms with Crippen molar-refractivity contribution in [3.63, 3.8) is 0 Å². The summed E-state index contributed by atoms with van der Waals surface area (Å²) in [6, 6.07) is 13.4. The van der Waals surface area contributed by atoms with E-state index in [1.54, 1.807) is 0 Å². The van der Waals surface area contributed by atoms with E-state index in [0.717, 1.165) is 35.4 Å². The third kappa shape index (κ3) is 4.18. The van der Waals surface area contributed by atoms with Crippen LogP contribution in [0.25, 0.3) is 10.8 Å². The van der Waals surface area contributed by atoms with Gasteiger partial charge >= 0.3 is 0 Å². The average molecular weight is 432 g/mol. The highest BCUT2D eigenvalue weighted by Gasteiger charge is 2.32. The Morgan fingerprint density at radius 3 is 2.41 bits per heavy atom. The highest BCUT2D eigenvalue weighted by molar-refractivity contribution is 5.95. The zero-order valence-electron chi connectivity index (χ0n) is 20.7. The van der Waals surface area contributed by atoms with Crippen molar-refractivity contribution in [1.82, 2.24) is 15.1 Å². The first-order valence-electron chi connectivity index (χ1n) is 11.7. The molecule has 0 aliphatic carbocycles. The molecular weight excluding hydrogens is 394 g/mol. The third-order valence-electron chi connectivity index (χ3n) is 7.70. The Kier molecular flexibility index (Phi) is 6.13. The summed E-state index contributed by atoms with van der Waals surface area (Å²) in [4.78, 5) is 4.89. The fourth-order valence-electron chi connectivity index (χ4n) is 4.80. The maximum atomic E-state index is 4.57. The molecule has 170 valence electrons. The Hall–Kier alpha value is -2.66. The van der Waals surface area contributed by atoms with Crippen molar-refractivity contribution >= 4 is 22.3 Å². The molecule has 5 heteroatoms. The van der Waals surface area contributed by atoms with Crippen LogP contribution in [0.3, 0.4) is 0 Å². The Bertz CT molecular complexity index is 1110. The topological polar surface area (TPSA) is 44.3 Å². The first-order valence-corrected chi connectivity index (χ1v) is 11.7. The van der Waals surface area contributed by atoms with Crippen LogP contribution in [0, 0.1) is 20.8 Å². The highest BCUT2D eigenvalue weighted by Crippen LogP contribution is 2.34. The fourth-order valence-corrected chi connectivity index (χ4v) is 4.80. The van der Waals surface area contributed by atoms with Crippen LogP contribution in [-0.4, -0.2) is 47.8 Å². The molecule has 1 aliphatic rings. The second-order valence-electron chi connectivity index (χ2n) is 9.90. The molecule has 0 bridgehead atoms. The van der Waals surface area contributed by atoms with Crippen LogP contribution in [0.2, 0.25) is 0 Å². The van der Waals surface area contributed by atoms with E-state index in [0.29, 0.717) is 0 Å². The van der Waals surface area contributed by atoms with Crippen LogP contribution in [0.15, 0.2) is 36.4 Å². The number of hydrogen-bond donors (Lipinski definition) is 1. The standard InChI is InChI=1S/C27H37N5/c1-18-9-8-10-23(19(18)2)20(3)28-26-25-17-22(11-12-24(25)21(4)29-30-26)32-15-13-27(5,14-16-32)31(6)7/h8-12,17,20H,13-16H2,1-7H3,(H,28,30)/t20-/m1/s1. The largest absolute Gasteiger partial charge is 0.371 e. The van der Waals surface area contributed by atoms with Crippen molar-refractivity contribution in [3.8, 4) is 0 Å². The Labute approximate surface area is 192 Å². The minimum atomic E-state index is 0.148. The summed E-state index contributed by atoms with van der Waals surface area (Å²) < 4.78 is 0. The van der Waals surface area contributed by atoms with Gasteiger partial charge in [0.25, 0.3) is 0 Å². The molecular formula is C27H37N5. The molecule has 1 saturated heterocycles. The number of benzene rings is 2. The molecule has 2 heterocycles. The normalized spacial score (nSPS) is 17.1. The van der Waals surface area contributed by atoms with E-state index in [1.165, 1.54) is 35.2 Å². The molecule has 0 spiro atoms. The predicted octanol–water partition coefficient (Wildman–Crippen LogP) is 5.65. The van der Waals surface area contributed by atoms with E-state index in [4.69, 9.17) is 0 Å². The fraction of sp³-hybridized carbons (Fsp3) is 0.481. The van der Waals surface area contributed by atoms with E-state index in [2.05, 4.69) is 104 Å². The SMILES string of the molecule is Cc1cccc([C@@H](C)Nc2nnc(C)c3ccc(N4CCC(C)(N(C)C)CC4)cc23)c1C. The van der Waals surface area contributed by atoms with Gasteiger partial charge < -0.3 is 15.1 Å². The minimum absolute atomic E-state index is 0.148. The molecule has 5 nitrogen and oxygen atoms in total. The molecule has 0 radical (unpaired) electrons. The van der Waals surface area contributed by atoms with Gasteiger partial charge in [0, 0.05) is 35.1 Å². The Morgan fingerprint density at radius 2 is 1.72 bits per heavy atom. The van der Waals surface area contributed by atoms with Gasteiger partial charge in [0.1, 0.15) is 0 Å².